The quantitative estimate of drug-likeness (QED) is 0.884. The van der Waals surface area contributed by atoms with Crippen molar-refractivity contribution in [2.24, 2.45) is 46.8 Å². The van der Waals surface area contributed by atoms with Crippen molar-refractivity contribution in [2.45, 2.75) is 32.4 Å². The third kappa shape index (κ3) is 0.913. The molecule has 0 saturated heterocycles. The van der Waals surface area contributed by atoms with Crippen LogP contribution in [0.1, 0.15) is 25.3 Å². The average Bonchev–Trinajstić information content (AvgIpc) is 3.16. The predicted octanol–water partition coefficient (Wildman–Crippen LogP) is 3.31. The molecule has 0 spiro atoms. The first-order valence-electron chi connectivity index (χ1n) is 8.57. The third-order valence-corrected chi connectivity index (χ3v) is 8.38. The van der Waals surface area contributed by atoms with Crippen molar-refractivity contribution in [1.29, 1.82) is 0 Å². The van der Waals surface area contributed by atoms with E-state index in [-0.39, 0.29) is 0 Å². The lowest BCUT2D eigenvalue weighted by Crippen LogP contribution is -2.42. The van der Waals surface area contributed by atoms with E-state index >= 15 is 0 Å². The highest BCUT2D eigenvalue weighted by molar-refractivity contribution is 5.34. The Kier molecular flexibility index (Phi) is 1.72. The van der Waals surface area contributed by atoms with Gasteiger partial charge in [-0.2, -0.15) is 0 Å². The Labute approximate surface area is 121 Å². The Morgan fingerprint density at radius 3 is 2.70 bits per heavy atom. The maximum atomic E-state index is 4.02. The Bertz CT molecular complexity index is 581. The van der Waals surface area contributed by atoms with E-state index in [4.69, 9.17) is 0 Å². The van der Waals surface area contributed by atoms with Gasteiger partial charge in [-0.1, -0.05) is 37.3 Å². The zero-order valence-corrected chi connectivity index (χ0v) is 12.1. The smallest absolute Gasteiger partial charge is 0.0208 e. The van der Waals surface area contributed by atoms with Crippen LogP contribution >= 0.6 is 0 Å². The molecule has 104 valence electrons. The zero-order chi connectivity index (χ0) is 13.1. The fraction of sp³-hybridized carbons (Fsp3) is 0.684. The van der Waals surface area contributed by atoms with Gasteiger partial charge in [0, 0.05) is 12.6 Å². The third-order valence-electron chi connectivity index (χ3n) is 8.38. The van der Waals surface area contributed by atoms with Gasteiger partial charge < -0.3 is 5.32 Å². The summed E-state index contributed by atoms with van der Waals surface area (Å²) in [5.74, 6) is 7.74. The molecule has 0 aliphatic heterocycles. The molecule has 0 heterocycles. The Balaban J connectivity index is 1.34. The van der Waals surface area contributed by atoms with Crippen LogP contribution in [0.15, 0.2) is 30.3 Å². The summed E-state index contributed by atoms with van der Waals surface area (Å²) in [7, 11) is 0. The molecule has 1 heteroatoms. The Hall–Kier alpha value is -0.820. The summed E-state index contributed by atoms with van der Waals surface area (Å²) < 4.78 is 0. The largest absolute Gasteiger partial charge is 0.309 e. The highest BCUT2D eigenvalue weighted by atomic mass is 15.0. The lowest BCUT2D eigenvalue weighted by atomic mass is 9.64. The summed E-state index contributed by atoms with van der Waals surface area (Å²) in [6.07, 6.45) is 3.19. The summed E-state index contributed by atoms with van der Waals surface area (Å²) in [5.41, 5.74) is 2.11. The van der Waals surface area contributed by atoms with Crippen molar-refractivity contribution >= 4 is 0 Å². The van der Waals surface area contributed by atoms with E-state index in [2.05, 4.69) is 42.6 Å². The first-order valence-corrected chi connectivity index (χ1v) is 8.57. The highest BCUT2D eigenvalue weighted by Crippen LogP contribution is 2.86. The highest BCUT2D eigenvalue weighted by Gasteiger charge is 2.84. The van der Waals surface area contributed by atoms with Crippen molar-refractivity contribution in [1.82, 2.24) is 5.32 Å². The maximum absolute atomic E-state index is 4.02. The summed E-state index contributed by atoms with van der Waals surface area (Å²) in [6.45, 7) is 3.73. The minimum absolute atomic E-state index is 0.659. The van der Waals surface area contributed by atoms with Crippen LogP contribution in [0, 0.1) is 46.8 Å². The van der Waals surface area contributed by atoms with Crippen LogP contribution in [0.2, 0.25) is 0 Å². The SMILES string of the molecule is CC12C3CC4C5CC(C(C53)[C@@H]1NCc1ccccc1)C42. The van der Waals surface area contributed by atoms with Gasteiger partial charge in [-0.15, -0.1) is 0 Å². The van der Waals surface area contributed by atoms with Crippen LogP contribution in [-0.2, 0) is 6.54 Å². The first kappa shape index (κ1) is 10.8. The fourth-order valence-electron chi connectivity index (χ4n) is 8.31. The van der Waals surface area contributed by atoms with Crippen molar-refractivity contribution in [3.05, 3.63) is 35.9 Å². The Morgan fingerprint density at radius 1 is 1.05 bits per heavy atom. The van der Waals surface area contributed by atoms with Gasteiger partial charge in [-0.3, -0.25) is 0 Å². The van der Waals surface area contributed by atoms with Gasteiger partial charge >= 0.3 is 0 Å². The van der Waals surface area contributed by atoms with E-state index in [9.17, 15) is 0 Å². The van der Waals surface area contributed by atoms with Crippen LogP contribution in [-0.4, -0.2) is 6.04 Å². The van der Waals surface area contributed by atoms with Gasteiger partial charge in [-0.25, -0.2) is 0 Å². The number of rotatable bonds is 3. The molecule has 0 radical (unpaired) electrons. The summed E-state index contributed by atoms with van der Waals surface area (Å²) >= 11 is 0. The predicted molar refractivity (Wildman–Crippen MR) is 78.8 cm³/mol. The fourth-order valence-corrected chi connectivity index (χ4v) is 8.31. The normalized spacial score (nSPS) is 59.5. The zero-order valence-electron chi connectivity index (χ0n) is 12.1. The molecule has 9 atom stereocenters. The monoisotopic (exact) mass is 265 g/mol. The van der Waals surface area contributed by atoms with Crippen LogP contribution in [0.3, 0.4) is 0 Å². The van der Waals surface area contributed by atoms with Crippen LogP contribution in [0.25, 0.3) is 0 Å². The molecule has 6 saturated carbocycles. The van der Waals surface area contributed by atoms with Crippen LogP contribution in [0.5, 0.6) is 0 Å². The van der Waals surface area contributed by atoms with Crippen LogP contribution in [0.4, 0.5) is 0 Å². The molecule has 6 aliphatic carbocycles. The molecule has 6 fully saturated rings. The molecule has 1 N–H and O–H groups in total. The molecule has 0 aromatic heterocycles. The van der Waals surface area contributed by atoms with E-state index in [0.29, 0.717) is 5.41 Å². The maximum Gasteiger partial charge on any atom is 0.0208 e. The standard InChI is InChI=1S/C19H23N/c1-19-14-8-12-11-7-13(17(12)19)16(15(11)14)18(19)20-9-10-5-3-2-4-6-10/h2-6,11-18,20H,7-9H2,1H3/t11?,12?,13?,14?,15?,16?,17?,18-,19?/m0/s1. The average molecular weight is 265 g/mol. The lowest BCUT2D eigenvalue weighted by Gasteiger charge is -2.40. The van der Waals surface area contributed by atoms with Gasteiger partial charge in [-0.05, 0) is 65.2 Å². The van der Waals surface area contributed by atoms with Gasteiger partial charge in [0.15, 0.2) is 0 Å². The van der Waals surface area contributed by atoms with E-state index in [1.165, 1.54) is 5.56 Å². The number of benzene rings is 1. The van der Waals surface area contributed by atoms with Gasteiger partial charge in [0.1, 0.15) is 0 Å². The second-order valence-corrected chi connectivity index (χ2v) is 8.46. The van der Waals surface area contributed by atoms with Gasteiger partial charge in [0.25, 0.3) is 0 Å². The topological polar surface area (TPSA) is 12.0 Å². The molecule has 1 aromatic carbocycles. The summed E-state index contributed by atoms with van der Waals surface area (Å²) in [6, 6.07) is 11.8. The second kappa shape index (κ2) is 3.16. The second-order valence-electron chi connectivity index (χ2n) is 8.46. The van der Waals surface area contributed by atoms with Gasteiger partial charge in [0.05, 0.1) is 0 Å². The van der Waals surface area contributed by atoms with Crippen molar-refractivity contribution in [2.75, 3.05) is 0 Å². The Morgan fingerprint density at radius 2 is 1.90 bits per heavy atom. The minimum Gasteiger partial charge on any atom is -0.309 e. The molecular formula is C19H23N. The van der Waals surface area contributed by atoms with Crippen molar-refractivity contribution < 1.29 is 0 Å². The molecule has 20 heavy (non-hydrogen) atoms. The van der Waals surface area contributed by atoms with Crippen molar-refractivity contribution in [3.63, 3.8) is 0 Å². The summed E-state index contributed by atoms with van der Waals surface area (Å²) in [4.78, 5) is 0. The van der Waals surface area contributed by atoms with Gasteiger partial charge in [0.2, 0.25) is 0 Å². The molecule has 0 amide bonds. The van der Waals surface area contributed by atoms with E-state index in [0.717, 1.165) is 54.0 Å². The molecule has 6 bridgehead atoms. The first-order chi connectivity index (χ1) is 9.80. The molecule has 8 unspecified atom stereocenters. The summed E-state index contributed by atoms with van der Waals surface area (Å²) in [5, 5.41) is 4.02. The number of hydrogen-bond donors (Lipinski definition) is 1. The molecule has 7 rings (SSSR count). The molecule has 1 aromatic rings. The van der Waals surface area contributed by atoms with E-state index in [1.807, 2.05) is 0 Å². The van der Waals surface area contributed by atoms with E-state index in [1.54, 1.807) is 12.8 Å². The number of hydrogen-bond acceptors (Lipinski definition) is 1. The molecule has 1 nitrogen and oxygen atoms in total. The van der Waals surface area contributed by atoms with E-state index < -0.39 is 0 Å². The number of nitrogens with one attached hydrogen (secondary N) is 1. The molecule has 6 aliphatic rings. The lowest BCUT2D eigenvalue weighted by molar-refractivity contribution is 0.0652. The molecular weight excluding hydrogens is 242 g/mol. The van der Waals surface area contributed by atoms with Crippen LogP contribution < -0.4 is 5.32 Å². The minimum atomic E-state index is 0.659. The van der Waals surface area contributed by atoms with Crippen molar-refractivity contribution in [3.8, 4) is 0 Å².